The monoisotopic (exact) mass is 380 g/mol. The van der Waals surface area contributed by atoms with Crippen LogP contribution in [0.2, 0.25) is 0 Å². The Bertz CT molecular complexity index is 845. The molecule has 0 unspecified atom stereocenters. The van der Waals surface area contributed by atoms with Gasteiger partial charge in [0, 0.05) is 15.4 Å². The lowest BCUT2D eigenvalue weighted by Crippen LogP contribution is -2.11. The number of aromatic nitrogens is 2. The Balaban J connectivity index is 2.09. The van der Waals surface area contributed by atoms with Crippen molar-refractivity contribution in [2.24, 2.45) is 0 Å². The SMILES string of the molecule is O=c1[nH]nc(Cc2ccc(F)c(I)c2)c2ccccc12. The minimum atomic E-state index is -0.228. The second-order valence-corrected chi connectivity index (χ2v) is 5.63. The molecule has 1 N–H and O–H groups in total. The summed E-state index contributed by atoms with van der Waals surface area (Å²) in [5, 5.41) is 8.08. The number of fused-ring (bicyclic) bond motifs is 1. The molecular weight excluding hydrogens is 370 g/mol. The minimum Gasteiger partial charge on any atom is -0.267 e. The van der Waals surface area contributed by atoms with Gasteiger partial charge in [0.15, 0.2) is 0 Å². The molecule has 0 radical (unpaired) electrons. The summed E-state index contributed by atoms with van der Waals surface area (Å²) in [5.41, 5.74) is 1.54. The van der Waals surface area contributed by atoms with E-state index in [2.05, 4.69) is 10.2 Å². The first-order chi connectivity index (χ1) is 9.65. The van der Waals surface area contributed by atoms with Gasteiger partial charge in [-0.1, -0.05) is 24.3 Å². The molecular formula is C15H10FIN2O. The van der Waals surface area contributed by atoms with Crippen LogP contribution in [0.15, 0.2) is 47.3 Å². The van der Waals surface area contributed by atoms with Gasteiger partial charge in [0.1, 0.15) is 5.82 Å². The smallest absolute Gasteiger partial charge is 0.267 e. The molecule has 20 heavy (non-hydrogen) atoms. The standard InChI is InChI=1S/C15H10FIN2O/c16-12-6-5-9(7-13(12)17)8-14-10-3-1-2-4-11(10)15(20)19-18-14/h1-7H,8H2,(H,19,20). The van der Waals surface area contributed by atoms with Crippen LogP contribution in [0.5, 0.6) is 0 Å². The van der Waals surface area contributed by atoms with Gasteiger partial charge in [-0.15, -0.1) is 0 Å². The molecule has 5 heteroatoms. The molecule has 100 valence electrons. The zero-order chi connectivity index (χ0) is 14.1. The Hall–Kier alpha value is -1.76. The number of halogens is 2. The Labute approximate surface area is 128 Å². The van der Waals surface area contributed by atoms with E-state index in [1.165, 1.54) is 6.07 Å². The summed E-state index contributed by atoms with van der Waals surface area (Å²) in [6.07, 6.45) is 0.549. The number of hydrogen-bond acceptors (Lipinski definition) is 2. The zero-order valence-corrected chi connectivity index (χ0v) is 12.5. The number of rotatable bonds is 2. The predicted molar refractivity (Wildman–Crippen MR) is 84.3 cm³/mol. The Morgan fingerprint density at radius 1 is 1.15 bits per heavy atom. The first-order valence-corrected chi connectivity index (χ1v) is 7.13. The maximum atomic E-state index is 13.3. The molecule has 0 saturated carbocycles. The van der Waals surface area contributed by atoms with Crippen molar-refractivity contribution in [1.29, 1.82) is 0 Å². The van der Waals surface area contributed by atoms with E-state index in [9.17, 15) is 9.18 Å². The molecule has 0 saturated heterocycles. The van der Waals surface area contributed by atoms with Crippen LogP contribution in [0, 0.1) is 9.39 Å². The van der Waals surface area contributed by atoms with E-state index in [1.807, 2.05) is 40.8 Å². The van der Waals surface area contributed by atoms with Crippen molar-refractivity contribution in [1.82, 2.24) is 10.2 Å². The molecule has 0 bridgehead atoms. The number of hydrogen-bond donors (Lipinski definition) is 1. The quantitative estimate of drug-likeness (QED) is 0.694. The number of H-pyrrole nitrogens is 1. The minimum absolute atomic E-state index is 0.196. The maximum Gasteiger partial charge on any atom is 0.272 e. The lowest BCUT2D eigenvalue weighted by atomic mass is 10.0. The molecule has 0 aliphatic heterocycles. The maximum absolute atomic E-state index is 13.3. The van der Waals surface area contributed by atoms with Crippen LogP contribution in [-0.4, -0.2) is 10.2 Å². The molecule has 0 fully saturated rings. The van der Waals surface area contributed by atoms with E-state index in [0.717, 1.165) is 16.6 Å². The Morgan fingerprint density at radius 3 is 2.65 bits per heavy atom. The van der Waals surface area contributed by atoms with Gasteiger partial charge >= 0.3 is 0 Å². The highest BCUT2D eigenvalue weighted by Gasteiger charge is 2.08. The highest BCUT2D eigenvalue weighted by Crippen LogP contribution is 2.19. The average Bonchev–Trinajstić information content (AvgIpc) is 2.46. The van der Waals surface area contributed by atoms with Crippen LogP contribution >= 0.6 is 22.6 Å². The van der Waals surface area contributed by atoms with Crippen molar-refractivity contribution in [2.75, 3.05) is 0 Å². The number of benzene rings is 2. The molecule has 0 atom stereocenters. The average molecular weight is 380 g/mol. The van der Waals surface area contributed by atoms with Crippen molar-refractivity contribution < 1.29 is 4.39 Å². The van der Waals surface area contributed by atoms with E-state index < -0.39 is 0 Å². The van der Waals surface area contributed by atoms with Gasteiger partial charge in [0.05, 0.1) is 11.1 Å². The fourth-order valence-corrected chi connectivity index (χ4v) is 2.73. The largest absolute Gasteiger partial charge is 0.272 e. The molecule has 0 amide bonds. The summed E-state index contributed by atoms with van der Waals surface area (Å²) in [4.78, 5) is 11.7. The summed E-state index contributed by atoms with van der Waals surface area (Å²) < 4.78 is 13.9. The third kappa shape index (κ3) is 2.45. The first kappa shape index (κ1) is 13.2. The molecule has 3 aromatic rings. The van der Waals surface area contributed by atoms with Gasteiger partial charge in [0.2, 0.25) is 0 Å². The van der Waals surface area contributed by atoms with Crippen molar-refractivity contribution in [2.45, 2.75) is 6.42 Å². The third-order valence-electron chi connectivity index (χ3n) is 3.13. The number of nitrogens with one attached hydrogen (secondary N) is 1. The van der Waals surface area contributed by atoms with Gasteiger partial charge in [-0.3, -0.25) is 4.79 Å². The van der Waals surface area contributed by atoms with E-state index in [-0.39, 0.29) is 11.4 Å². The summed E-state index contributed by atoms with van der Waals surface area (Å²) in [6.45, 7) is 0. The van der Waals surface area contributed by atoms with Crippen LogP contribution in [0.1, 0.15) is 11.3 Å². The molecule has 0 aliphatic carbocycles. The van der Waals surface area contributed by atoms with E-state index in [0.29, 0.717) is 15.4 Å². The van der Waals surface area contributed by atoms with Gasteiger partial charge in [-0.2, -0.15) is 5.10 Å². The molecule has 1 heterocycles. The highest BCUT2D eigenvalue weighted by molar-refractivity contribution is 14.1. The van der Waals surface area contributed by atoms with Crippen LogP contribution in [0.3, 0.4) is 0 Å². The second-order valence-electron chi connectivity index (χ2n) is 4.47. The van der Waals surface area contributed by atoms with Gasteiger partial charge in [-0.25, -0.2) is 9.49 Å². The highest BCUT2D eigenvalue weighted by atomic mass is 127. The molecule has 3 rings (SSSR count). The van der Waals surface area contributed by atoms with Gasteiger partial charge in [-0.05, 0) is 46.4 Å². The molecule has 3 nitrogen and oxygen atoms in total. The lowest BCUT2D eigenvalue weighted by molar-refractivity contribution is 0.619. The summed E-state index contributed by atoms with van der Waals surface area (Å²) in [7, 11) is 0. The van der Waals surface area contributed by atoms with Gasteiger partial charge in [0.25, 0.3) is 5.56 Å². The Kier molecular flexibility index (Phi) is 3.52. The lowest BCUT2D eigenvalue weighted by Gasteiger charge is -2.06. The predicted octanol–water partition coefficient (Wildman–Crippen LogP) is 3.26. The van der Waals surface area contributed by atoms with Crippen LogP contribution in [-0.2, 0) is 6.42 Å². The normalized spacial score (nSPS) is 10.9. The Morgan fingerprint density at radius 2 is 1.90 bits per heavy atom. The topological polar surface area (TPSA) is 45.8 Å². The number of aromatic amines is 1. The summed E-state index contributed by atoms with van der Waals surface area (Å²) >= 11 is 1.96. The molecule has 2 aromatic carbocycles. The van der Waals surface area contributed by atoms with Crippen LogP contribution in [0.4, 0.5) is 4.39 Å². The van der Waals surface area contributed by atoms with Crippen LogP contribution < -0.4 is 5.56 Å². The van der Waals surface area contributed by atoms with Crippen molar-refractivity contribution in [3.05, 3.63) is 73.5 Å². The zero-order valence-electron chi connectivity index (χ0n) is 10.4. The fourth-order valence-electron chi connectivity index (χ4n) is 2.15. The van der Waals surface area contributed by atoms with E-state index in [4.69, 9.17) is 0 Å². The molecule has 0 aliphatic rings. The molecule has 0 spiro atoms. The number of nitrogens with zero attached hydrogens (tertiary/aromatic N) is 1. The van der Waals surface area contributed by atoms with Gasteiger partial charge < -0.3 is 0 Å². The van der Waals surface area contributed by atoms with Crippen molar-refractivity contribution >= 4 is 33.4 Å². The fraction of sp³-hybridized carbons (Fsp3) is 0.0667. The summed E-state index contributed by atoms with van der Waals surface area (Å²) in [6, 6.07) is 12.3. The molecule has 1 aromatic heterocycles. The second kappa shape index (κ2) is 5.32. The summed E-state index contributed by atoms with van der Waals surface area (Å²) in [5.74, 6) is -0.228. The van der Waals surface area contributed by atoms with Crippen LogP contribution in [0.25, 0.3) is 10.8 Å². The van der Waals surface area contributed by atoms with Crippen molar-refractivity contribution in [3.63, 3.8) is 0 Å². The van der Waals surface area contributed by atoms with E-state index >= 15 is 0 Å². The first-order valence-electron chi connectivity index (χ1n) is 6.05. The van der Waals surface area contributed by atoms with E-state index in [1.54, 1.807) is 18.2 Å². The van der Waals surface area contributed by atoms with Crippen molar-refractivity contribution in [3.8, 4) is 0 Å². The third-order valence-corrected chi connectivity index (χ3v) is 3.96.